The second-order valence-electron chi connectivity index (χ2n) is 1.63. The maximum atomic E-state index is 4.03. The molecule has 0 unspecified atom stereocenters. The second kappa shape index (κ2) is 4.78. The molecule has 0 aliphatic rings. The Balaban J connectivity index is 0.000000291. The van der Waals surface area contributed by atoms with Crippen molar-refractivity contribution in [1.82, 2.24) is 9.78 Å². The van der Waals surface area contributed by atoms with Crippen molar-refractivity contribution in [2.45, 2.75) is 6.92 Å². The van der Waals surface area contributed by atoms with E-state index in [0.29, 0.717) is 0 Å². The number of aryl methyl sites for hydroxylation is 2. The highest BCUT2D eigenvalue weighted by atomic mass is 127. The van der Waals surface area contributed by atoms with Gasteiger partial charge in [0.15, 0.2) is 0 Å². The van der Waals surface area contributed by atoms with Crippen LogP contribution in [0.1, 0.15) is 5.69 Å². The van der Waals surface area contributed by atoms with Gasteiger partial charge in [0.05, 0.1) is 5.69 Å². The fraction of sp³-hybridized carbons (Fsp3) is 0.500. The van der Waals surface area contributed by atoms with Crippen LogP contribution in [0.5, 0.6) is 0 Å². The fourth-order valence-corrected chi connectivity index (χ4v) is 0.531. The van der Waals surface area contributed by atoms with Crippen molar-refractivity contribution < 1.29 is 0 Å². The molecule has 1 aromatic heterocycles. The molecular formula is C6H11IN2. The fourth-order valence-electron chi connectivity index (χ4n) is 0.531. The molecule has 1 rings (SSSR count). The first-order valence-corrected chi connectivity index (χ1v) is 4.79. The first kappa shape index (κ1) is 8.94. The van der Waals surface area contributed by atoms with Crippen LogP contribution in [0.4, 0.5) is 0 Å². The summed E-state index contributed by atoms with van der Waals surface area (Å²) in [5, 5.41) is 4.03. The maximum absolute atomic E-state index is 4.03. The van der Waals surface area contributed by atoms with Crippen LogP contribution in [-0.2, 0) is 7.05 Å². The summed E-state index contributed by atoms with van der Waals surface area (Å²) >= 11 is 2.15. The summed E-state index contributed by atoms with van der Waals surface area (Å²) in [5.41, 5.74) is 1.07. The lowest BCUT2D eigenvalue weighted by Crippen LogP contribution is -1.86. The van der Waals surface area contributed by atoms with Crippen molar-refractivity contribution in [3.63, 3.8) is 0 Å². The van der Waals surface area contributed by atoms with Crippen molar-refractivity contribution >= 4 is 22.6 Å². The third-order valence-electron chi connectivity index (χ3n) is 0.847. The van der Waals surface area contributed by atoms with Crippen LogP contribution in [0.15, 0.2) is 12.3 Å². The van der Waals surface area contributed by atoms with Crippen LogP contribution >= 0.6 is 22.6 Å². The number of halogens is 1. The molecule has 0 radical (unpaired) electrons. The zero-order valence-electron chi connectivity index (χ0n) is 5.93. The molecule has 2 nitrogen and oxygen atoms in total. The van der Waals surface area contributed by atoms with Crippen LogP contribution in [0.3, 0.4) is 0 Å². The van der Waals surface area contributed by atoms with Gasteiger partial charge in [-0.05, 0) is 17.9 Å². The largest absolute Gasteiger partial charge is 0.276 e. The molecule has 0 saturated carbocycles. The third kappa shape index (κ3) is 3.51. The number of hydrogen-bond acceptors (Lipinski definition) is 1. The Kier molecular flexibility index (Phi) is 4.75. The summed E-state index contributed by atoms with van der Waals surface area (Å²) in [6, 6.07) is 1.97. The topological polar surface area (TPSA) is 17.8 Å². The molecule has 0 bridgehead atoms. The van der Waals surface area contributed by atoms with Gasteiger partial charge in [-0.2, -0.15) is 5.10 Å². The van der Waals surface area contributed by atoms with E-state index in [0.717, 1.165) is 5.69 Å². The van der Waals surface area contributed by atoms with Gasteiger partial charge in [0.25, 0.3) is 0 Å². The first-order valence-electron chi connectivity index (χ1n) is 2.63. The Hall–Kier alpha value is -0.0600. The Morgan fingerprint density at radius 1 is 1.56 bits per heavy atom. The standard InChI is InChI=1S/C5H8N2.CH3I/c1-5-3-4-7(2)6-5;1-2/h3-4H,1-2H3;1H3. The summed E-state index contributed by atoms with van der Waals surface area (Å²) in [6.07, 6.45) is 1.93. The molecule has 0 aromatic carbocycles. The summed E-state index contributed by atoms with van der Waals surface area (Å²) < 4.78 is 1.79. The highest BCUT2D eigenvalue weighted by Crippen LogP contribution is 1.86. The number of rotatable bonds is 0. The van der Waals surface area contributed by atoms with Crippen molar-refractivity contribution in [2.24, 2.45) is 7.05 Å². The summed E-state index contributed by atoms with van der Waals surface area (Å²) in [7, 11) is 1.91. The molecule has 0 fully saturated rings. The van der Waals surface area contributed by atoms with Gasteiger partial charge >= 0.3 is 0 Å². The van der Waals surface area contributed by atoms with E-state index in [-0.39, 0.29) is 0 Å². The van der Waals surface area contributed by atoms with Gasteiger partial charge in [-0.1, -0.05) is 22.6 Å². The van der Waals surface area contributed by atoms with Gasteiger partial charge in [-0.15, -0.1) is 0 Å². The van der Waals surface area contributed by atoms with E-state index in [1.165, 1.54) is 0 Å². The van der Waals surface area contributed by atoms with Gasteiger partial charge in [0.1, 0.15) is 0 Å². The lowest BCUT2D eigenvalue weighted by atomic mass is 10.5. The zero-order chi connectivity index (χ0) is 7.28. The number of nitrogens with zero attached hydrogens (tertiary/aromatic N) is 2. The average molecular weight is 238 g/mol. The lowest BCUT2D eigenvalue weighted by molar-refractivity contribution is 0.756. The SMILES string of the molecule is CI.Cc1ccn(C)n1. The average Bonchev–Trinajstić information content (AvgIpc) is 2.20. The summed E-state index contributed by atoms with van der Waals surface area (Å²) in [5.74, 6) is 0. The Morgan fingerprint density at radius 2 is 2.11 bits per heavy atom. The highest BCUT2D eigenvalue weighted by Gasteiger charge is 1.81. The molecule has 52 valence electrons. The van der Waals surface area contributed by atoms with Crippen LogP contribution < -0.4 is 0 Å². The minimum absolute atomic E-state index is 1.07. The molecule has 9 heavy (non-hydrogen) atoms. The Labute approximate surface area is 69.4 Å². The quantitative estimate of drug-likeness (QED) is 0.497. The summed E-state index contributed by atoms with van der Waals surface area (Å²) in [6.45, 7) is 1.97. The van der Waals surface area contributed by atoms with Crippen LogP contribution in [0.2, 0.25) is 0 Å². The number of aromatic nitrogens is 2. The number of hydrogen-bond donors (Lipinski definition) is 0. The smallest absolute Gasteiger partial charge is 0.0593 e. The van der Waals surface area contributed by atoms with Crippen molar-refractivity contribution in [2.75, 3.05) is 4.93 Å². The molecule has 0 atom stereocenters. The minimum atomic E-state index is 1.07. The van der Waals surface area contributed by atoms with Crippen molar-refractivity contribution in [1.29, 1.82) is 0 Å². The van der Waals surface area contributed by atoms with Crippen LogP contribution in [0.25, 0.3) is 0 Å². The van der Waals surface area contributed by atoms with Gasteiger partial charge < -0.3 is 0 Å². The molecule has 3 heteroatoms. The molecule has 0 aliphatic heterocycles. The molecule has 0 spiro atoms. The van der Waals surface area contributed by atoms with Crippen molar-refractivity contribution in [3.8, 4) is 0 Å². The summed E-state index contributed by atoms with van der Waals surface area (Å²) in [4.78, 5) is 1.97. The van der Waals surface area contributed by atoms with Gasteiger partial charge in [-0.25, -0.2) is 0 Å². The molecular weight excluding hydrogens is 227 g/mol. The molecule has 0 saturated heterocycles. The van der Waals surface area contributed by atoms with E-state index >= 15 is 0 Å². The zero-order valence-corrected chi connectivity index (χ0v) is 8.08. The van der Waals surface area contributed by atoms with Gasteiger partial charge in [0, 0.05) is 13.2 Å². The third-order valence-corrected chi connectivity index (χ3v) is 0.847. The van der Waals surface area contributed by atoms with Crippen molar-refractivity contribution in [3.05, 3.63) is 18.0 Å². The molecule has 0 amide bonds. The molecule has 0 aliphatic carbocycles. The van der Waals surface area contributed by atoms with E-state index in [2.05, 4.69) is 27.7 Å². The molecule has 1 heterocycles. The molecule has 1 aromatic rings. The normalized spacial score (nSPS) is 8.00. The first-order chi connectivity index (χ1) is 4.29. The van der Waals surface area contributed by atoms with E-state index in [9.17, 15) is 0 Å². The predicted octanol–water partition coefficient (Wildman–Crippen LogP) is 1.78. The van der Waals surface area contributed by atoms with E-state index < -0.39 is 0 Å². The van der Waals surface area contributed by atoms with E-state index in [1.54, 1.807) is 4.68 Å². The van der Waals surface area contributed by atoms with Gasteiger partial charge in [-0.3, -0.25) is 4.68 Å². The number of alkyl halides is 1. The Morgan fingerprint density at radius 3 is 2.22 bits per heavy atom. The van der Waals surface area contributed by atoms with Crippen LogP contribution in [0, 0.1) is 6.92 Å². The predicted molar refractivity (Wildman–Crippen MR) is 47.9 cm³/mol. The molecule has 0 N–H and O–H groups in total. The highest BCUT2D eigenvalue weighted by molar-refractivity contribution is 14.1. The second-order valence-corrected chi connectivity index (χ2v) is 1.63. The maximum Gasteiger partial charge on any atom is 0.0593 e. The lowest BCUT2D eigenvalue weighted by Gasteiger charge is -1.79. The minimum Gasteiger partial charge on any atom is -0.276 e. The van der Waals surface area contributed by atoms with E-state index in [1.807, 2.05) is 31.2 Å². The van der Waals surface area contributed by atoms with Crippen LogP contribution in [-0.4, -0.2) is 14.7 Å². The van der Waals surface area contributed by atoms with Gasteiger partial charge in [0.2, 0.25) is 0 Å². The Bertz CT molecular complexity index is 143. The monoisotopic (exact) mass is 238 g/mol. The van der Waals surface area contributed by atoms with E-state index in [4.69, 9.17) is 0 Å².